The first kappa shape index (κ1) is 10.8. The molecule has 0 aromatic carbocycles. The van der Waals surface area contributed by atoms with Gasteiger partial charge in [-0.2, -0.15) is 11.8 Å². The summed E-state index contributed by atoms with van der Waals surface area (Å²) in [5, 5.41) is 0.941. The fraction of sp³-hybridized carbons (Fsp3) is 1.00. The van der Waals surface area contributed by atoms with Crippen molar-refractivity contribution in [2.75, 3.05) is 12.3 Å². The van der Waals surface area contributed by atoms with E-state index in [0.717, 1.165) is 11.3 Å². The molecular formula is C12H23NS. The van der Waals surface area contributed by atoms with E-state index in [9.17, 15) is 0 Å². The standard InChI is InChI=1S/C12H23NS/c1-12(2,3)13-8-4-7-11-10(13)6-5-9-14-11/h10-11H,4-9H2,1-3H3. The SMILES string of the molecule is CC(C)(C)N1CCCC2SCCCC21. The molecule has 2 saturated heterocycles. The highest BCUT2D eigenvalue weighted by Gasteiger charge is 2.38. The molecular weight excluding hydrogens is 190 g/mol. The highest BCUT2D eigenvalue weighted by molar-refractivity contribution is 8.00. The van der Waals surface area contributed by atoms with Crippen LogP contribution in [0.4, 0.5) is 0 Å². The molecule has 0 aromatic heterocycles. The van der Waals surface area contributed by atoms with Crippen molar-refractivity contribution >= 4 is 11.8 Å². The van der Waals surface area contributed by atoms with Gasteiger partial charge in [0.1, 0.15) is 0 Å². The minimum absolute atomic E-state index is 0.376. The van der Waals surface area contributed by atoms with Crippen LogP contribution in [0.15, 0.2) is 0 Å². The summed E-state index contributed by atoms with van der Waals surface area (Å²) in [6.45, 7) is 8.43. The highest BCUT2D eigenvalue weighted by atomic mass is 32.2. The molecule has 2 rings (SSSR count). The molecule has 1 nitrogen and oxygen atoms in total. The second kappa shape index (κ2) is 4.05. The van der Waals surface area contributed by atoms with E-state index in [4.69, 9.17) is 0 Å². The monoisotopic (exact) mass is 213 g/mol. The van der Waals surface area contributed by atoms with Gasteiger partial charge in [-0.1, -0.05) is 0 Å². The molecule has 2 heteroatoms. The molecule has 0 aliphatic carbocycles. The number of fused-ring (bicyclic) bond motifs is 1. The molecule has 2 unspecified atom stereocenters. The van der Waals surface area contributed by atoms with E-state index in [2.05, 4.69) is 37.4 Å². The van der Waals surface area contributed by atoms with Crippen molar-refractivity contribution in [2.45, 2.75) is 63.3 Å². The fourth-order valence-electron chi connectivity index (χ4n) is 2.92. The molecule has 0 spiro atoms. The Morgan fingerprint density at radius 2 is 1.93 bits per heavy atom. The van der Waals surface area contributed by atoms with Gasteiger partial charge in [0.25, 0.3) is 0 Å². The molecule has 82 valence electrons. The van der Waals surface area contributed by atoms with Gasteiger partial charge in [0, 0.05) is 16.8 Å². The average Bonchev–Trinajstić information content (AvgIpc) is 2.15. The van der Waals surface area contributed by atoms with Crippen LogP contribution in [0, 0.1) is 0 Å². The molecule has 2 aliphatic rings. The minimum Gasteiger partial charge on any atom is -0.294 e. The predicted molar refractivity (Wildman–Crippen MR) is 65.0 cm³/mol. The highest BCUT2D eigenvalue weighted by Crippen LogP contribution is 2.38. The zero-order valence-corrected chi connectivity index (χ0v) is 10.6. The van der Waals surface area contributed by atoms with Crippen LogP contribution in [0.2, 0.25) is 0 Å². The third kappa shape index (κ3) is 2.11. The molecule has 0 saturated carbocycles. The van der Waals surface area contributed by atoms with E-state index in [0.29, 0.717) is 5.54 Å². The van der Waals surface area contributed by atoms with Crippen molar-refractivity contribution in [1.82, 2.24) is 4.90 Å². The van der Waals surface area contributed by atoms with E-state index in [1.165, 1.54) is 38.0 Å². The third-order valence-corrected chi connectivity index (χ3v) is 5.06. The van der Waals surface area contributed by atoms with Crippen LogP contribution in [0.25, 0.3) is 0 Å². The third-order valence-electron chi connectivity index (χ3n) is 3.55. The van der Waals surface area contributed by atoms with Crippen LogP contribution in [0.5, 0.6) is 0 Å². The van der Waals surface area contributed by atoms with Crippen molar-refractivity contribution in [3.8, 4) is 0 Å². The Bertz CT molecular complexity index is 195. The first-order chi connectivity index (χ1) is 6.59. The number of likely N-dealkylation sites (tertiary alicyclic amines) is 1. The number of nitrogens with zero attached hydrogens (tertiary/aromatic N) is 1. The Kier molecular flexibility index (Phi) is 3.13. The number of hydrogen-bond acceptors (Lipinski definition) is 2. The summed E-state index contributed by atoms with van der Waals surface area (Å²) in [4.78, 5) is 2.76. The van der Waals surface area contributed by atoms with Crippen LogP contribution in [-0.4, -0.2) is 34.0 Å². The summed E-state index contributed by atoms with van der Waals surface area (Å²) in [6, 6.07) is 0.877. The van der Waals surface area contributed by atoms with Crippen LogP contribution < -0.4 is 0 Å². The summed E-state index contributed by atoms with van der Waals surface area (Å²) in [5.41, 5.74) is 0.376. The fourth-order valence-corrected chi connectivity index (χ4v) is 4.39. The number of thioether (sulfide) groups is 1. The van der Waals surface area contributed by atoms with Crippen LogP contribution in [0.3, 0.4) is 0 Å². The summed E-state index contributed by atoms with van der Waals surface area (Å²) in [5.74, 6) is 1.40. The lowest BCUT2D eigenvalue weighted by Crippen LogP contribution is -2.56. The van der Waals surface area contributed by atoms with Gasteiger partial charge in [-0.3, -0.25) is 4.90 Å². The van der Waals surface area contributed by atoms with Gasteiger partial charge < -0.3 is 0 Å². The Hall–Kier alpha value is 0.310. The van der Waals surface area contributed by atoms with Crippen molar-refractivity contribution in [2.24, 2.45) is 0 Å². The molecule has 2 aliphatic heterocycles. The zero-order valence-electron chi connectivity index (χ0n) is 9.75. The normalized spacial score (nSPS) is 35.4. The largest absolute Gasteiger partial charge is 0.294 e. The maximum atomic E-state index is 2.76. The van der Waals surface area contributed by atoms with E-state index in [1.807, 2.05) is 0 Å². The molecule has 2 atom stereocenters. The molecule has 2 heterocycles. The van der Waals surface area contributed by atoms with Gasteiger partial charge in [-0.15, -0.1) is 0 Å². The van der Waals surface area contributed by atoms with Crippen molar-refractivity contribution < 1.29 is 0 Å². The maximum absolute atomic E-state index is 2.76. The van der Waals surface area contributed by atoms with Crippen LogP contribution in [0.1, 0.15) is 46.5 Å². The Labute approximate surface area is 92.6 Å². The molecule has 0 radical (unpaired) electrons. The molecule has 0 amide bonds. The summed E-state index contributed by atoms with van der Waals surface area (Å²) in [6.07, 6.45) is 5.74. The number of hydrogen-bond donors (Lipinski definition) is 0. The lowest BCUT2D eigenvalue weighted by Gasteiger charge is -2.49. The average molecular weight is 213 g/mol. The smallest absolute Gasteiger partial charge is 0.0220 e. The Morgan fingerprint density at radius 1 is 1.14 bits per heavy atom. The van der Waals surface area contributed by atoms with Crippen LogP contribution >= 0.6 is 11.8 Å². The van der Waals surface area contributed by atoms with Gasteiger partial charge in [0.05, 0.1) is 0 Å². The van der Waals surface area contributed by atoms with Gasteiger partial charge >= 0.3 is 0 Å². The van der Waals surface area contributed by atoms with E-state index < -0.39 is 0 Å². The lowest BCUT2D eigenvalue weighted by molar-refractivity contribution is 0.0490. The molecule has 2 fully saturated rings. The summed E-state index contributed by atoms with van der Waals surface area (Å²) in [7, 11) is 0. The Morgan fingerprint density at radius 3 is 2.64 bits per heavy atom. The summed E-state index contributed by atoms with van der Waals surface area (Å²) >= 11 is 2.23. The molecule has 0 aromatic rings. The van der Waals surface area contributed by atoms with Crippen molar-refractivity contribution in [1.29, 1.82) is 0 Å². The van der Waals surface area contributed by atoms with E-state index in [1.54, 1.807) is 0 Å². The van der Waals surface area contributed by atoms with Gasteiger partial charge in [0.15, 0.2) is 0 Å². The second-order valence-electron chi connectivity index (χ2n) is 5.63. The molecule has 0 N–H and O–H groups in total. The van der Waals surface area contributed by atoms with Crippen LogP contribution in [-0.2, 0) is 0 Å². The van der Waals surface area contributed by atoms with Crippen molar-refractivity contribution in [3.63, 3.8) is 0 Å². The minimum atomic E-state index is 0.376. The molecule has 0 bridgehead atoms. The van der Waals surface area contributed by atoms with Gasteiger partial charge in [0.2, 0.25) is 0 Å². The first-order valence-corrected chi connectivity index (χ1v) is 7.02. The first-order valence-electron chi connectivity index (χ1n) is 5.97. The summed E-state index contributed by atoms with van der Waals surface area (Å²) < 4.78 is 0. The van der Waals surface area contributed by atoms with Crippen molar-refractivity contribution in [3.05, 3.63) is 0 Å². The maximum Gasteiger partial charge on any atom is 0.0220 e. The van der Waals surface area contributed by atoms with Gasteiger partial charge in [-0.05, 0) is 58.8 Å². The zero-order chi connectivity index (χ0) is 10.2. The molecule has 14 heavy (non-hydrogen) atoms. The topological polar surface area (TPSA) is 3.24 Å². The van der Waals surface area contributed by atoms with E-state index in [-0.39, 0.29) is 0 Å². The quantitative estimate of drug-likeness (QED) is 0.608. The van der Waals surface area contributed by atoms with E-state index >= 15 is 0 Å². The number of piperidine rings is 1. The van der Waals surface area contributed by atoms with Gasteiger partial charge in [-0.25, -0.2) is 0 Å². The second-order valence-corrected chi connectivity index (χ2v) is 6.97. The predicted octanol–water partition coefficient (Wildman–Crippen LogP) is 3.14. The Balaban J connectivity index is 2.09. The lowest BCUT2D eigenvalue weighted by atomic mass is 9.91. The number of rotatable bonds is 0.